The molecule has 0 bridgehead atoms. The van der Waals surface area contributed by atoms with E-state index in [4.69, 9.17) is 9.97 Å². The lowest BCUT2D eigenvalue weighted by molar-refractivity contribution is 0.426. The second-order valence-electron chi connectivity index (χ2n) is 23.9. The van der Waals surface area contributed by atoms with Crippen molar-refractivity contribution in [3.05, 3.63) is 306 Å². The minimum Gasteiger partial charge on any atom is -0.423 e. The van der Waals surface area contributed by atoms with E-state index in [0.29, 0.717) is 5.46 Å². The van der Waals surface area contributed by atoms with Gasteiger partial charge in [-0.3, -0.25) is 15.0 Å². The highest BCUT2D eigenvalue weighted by Crippen LogP contribution is 2.52. The maximum atomic E-state index is 9.22. The molecule has 0 saturated carbocycles. The van der Waals surface area contributed by atoms with Gasteiger partial charge in [0.2, 0.25) is 0 Å². The molecule has 5 nitrogen and oxygen atoms in total. The maximum Gasteiger partial charge on any atom is 0.489 e. The number of pyridine rings is 3. The summed E-state index contributed by atoms with van der Waals surface area (Å²) >= 11 is 14.3. The van der Waals surface area contributed by atoms with Crippen molar-refractivity contribution >= 4 is 76.3 Å². The van der Waals surface area contributed by atoms with Crippen LogP contribution in [0.3, 0.4) is 0 Å². The highest BCUT2D eigenvalue weighted by Gasteiger charge is 2.39. The van der Waals surface area contributed by atoms with Gasteiger partial charge >= 0.3 is 7.12 Å². The lowest BCUT2D eigenvalue weighted by atomic mass is 9.75. The van der Waals surface area contributed by atoms with Gasteiger partial charge in [-0.15, -0.1) is 0 Å². The predicted octanol–water partition coefficient (Wildman–Crippen LogP) is 20.9. The van der Waals surface area contributed by atoms with Gasteiger partial charge in [0.15, 0.2) is 0 Å². The second-order valence-corrected chi connectivity index (χ2v) is 27.5. The zero-order chi connectivity index (χ0) is 61.5. The van der Waals surface area contributed by atoms with Gasteiger partial charge in [0.25, 0.3) is 0 Å². The van der Waals surface area contributed by atoms with E-state index in [1.807, 2.05) is 61.1 Å². The predicted molar refractivity (Wildman–Crippen MR) is 380 cm³/mol. The fraction of sp³-hybridized carbons (Fsp3) is 0.115. The van der Waals surface area contributed by atoms with E-state index in [2.05, 4.69) is 292 Å². The third-order valence-corrected chi connectivity index (χ3v) is 19.2. The van der Waals surface area contributed by atoms with Crippen LogP contribution in [-0.2, 0) is 16.2 Å². The molecule has 3 aromatic heterocycles. The summed E-state index contributed by atoms with van der Waals surface area (Å²) in [6.45, 7) is 13.7. The molecule has 0 fully saturated rings. The number of aromatic nitrogens is 3. The average Bonchev–Trinajstić information content (AvgIpc) is 1.85. The van der Waals surface area contributed by atoms with Gasteiger partial charge in [-0.1, -0.05) is 261 Å². The molecule has 432 valence electrons. The van der Waals surface area contributed by atoms with Gasteiger partial charge in [-0.2, -0.15) is 0 Å². The van der Waals surface area contributed by atoms with Crippen molar-refractivity contribution in [3.63, 3.8) is 0 Å². The molecular weight excluding hydrogens is 1340 g/mol. The molecule has 0 aliphatic heterocycles. The van der Waals surface area contributed by atoms with Gasteiger partial charge < -0.3 is 10.0 Å². The number of halogens is 4. The summed E-state index contributed by atoms with van der Waals surface area (Å²) in [5, 5.41) is 18.4. The standard InChI is InChI=1S/2C26H20BrN.C14H11Br2N.C12H11BO2/c1-26(2)23-15-19(27)12-13-22(23)25-24(26)14-18(16-28-25)21-11-7-6-10-20(21)17-8-4-3-5-9-17;1-26(2)23-14-18(12-13-22(23)25-24(26)15-19(27)16-28-25)21-11-7-6-10-20(21)17-8-4-3-5-9-17;1-14(2)11-5-8(15)3-4-10(11)13-12(14)6-9(16)7-17-13;14-13(15)12-9-5-4-8-11(12)10-6-2-1-3-7-10/h2*3-16H,1-2H3;3-7H,1-2H3;1-9,14-15H. The number of benzene rings is 9. The molecule has 0 unspecified atom stereocenters. The Morgan fingerprint density at radius 2 is 0.580 bits per heavy atom. The molecule has 88 heavy (non-hydrogen) atoms. The van der Waals surface area contributed by atoms with Crippen molar-refractivity contribution in [2.24, 2.45) is 0 Å². The topological polar surface area (TPSA) is 79.1 Å². The Labute approximate surface area is 550 Å². The largest absolute Gasteiger partial charge is 0.489 e. The molecule has 0 radical (unpaired) electrons. The smallest absolute Gasteiger partial charge is 0.423 e. The summed E-state index contributed by atoms with van der Waals surface area (Å²) in [5.41, 5.74) is 27.0. The van der Waals surface area contributed by atoms with Crippen LogP contribution >= 0.6 is 63.7 Å². The van der Waals surface area contributed by atoms with Gasteiger partial charge in [-0.05, 0) is 169 Å². The summed E-state index contributed by atoms with van der Waals surface area (Å²) in [4.78, 5) is 14.2. The molecule has 10 heteroatoms. The molecule has 0 spiro atoms. The van der Waals surface area contributed by atoms with E-state index in [9.17, 15) is 10.0 Å². The fourth-order valence-corrected chi connectivity index (χ4v) is 14.1. The van der Waals surface area contributed by atoms with E-state index in [1.165, 1.54) is 89.0 Å². The van der Waals surface area contributed by atoms with Crippen LogP contribution in [0.25, 0.3) is 89.4 Å². The Kier molecular flexibility index (Phi) is 17.3. The summed E-state index contributed by atoms with van der Waals surface area (Å²) in [6.07, 6.45) is 5.78. The van der Waals surface area contributed by atoms with Gasteiger partial charge in [0.05, 0.1) is 17.1 Å². The van der Waals surface area contributed by atoms with Crippen LogP contribution in [0.15, 0.2) is 273 Å². The fourth-order valence-electron chi connectivity index (χ4n) is 12.7. The molecule has 2 N–H and O–H groups in total. The molecule has 3 heterocycles. The van der Waals surface area contributed by atoms with Crippen LogP contribution in [0.1, 0.15) is 74.9 Å². The van der Waals surface area contributed by atoms with Crippen LogP contribution in [-0.4, -0.2) is 32.1 Å². The lowest BCUT2D eigenvalue weighted by Crippen LogP contribution is -2.31. The van der Waals surface area contributed by atoms with Crippen molar-refractivity contribution < 1.29 is 10.0 Å². The monoisotopic (exact) mass is 1400 g/mol. The first-order valence-electron chi connectivity index (χ1n) is 29.3. The number of rotatable bonds is 6. The van der Waals surface area contributed by atoms with Crippen molar-refractivity contribution in [2.75, 3.05) is 0 Å². The highest BCUT2D eigenvalue weighted by atomic mass is 79.9. The van der Waals surface area contributed by atoms with E-state index in [-0.39, 0.29) is 16.2 Å². The van der Waals surface area contributed by atoms with Crippen LogP contribution in [0.4, 0.5) is 0 Å². The zero-order valence-electron chi connectivity index (χ0n) is 49.6. The van der Waals surface area contributed by atoms with Crippen LogP contribution < -0.4 is 5.46 Å². The third kappa shape index (κ3) is 11.8. The normalized spacial score (nSPS) is 13.5. The van der Waals surface area contributed by atoms with Gasteiger partial charge in [0.1, 0.15) is 0 Å². The minimum atomic E-state index is -1.43. The van der Waals surface area contributed by atoms with E-state index in [1.54, 1.807) is 12.1 Å². The van der Waals surface area contributed by atoms with Crippen molar-refractivity contribution in [2.45, 2.75) is 57.8 Å². The molecule has 15 rings (SSSR count). The highest BCUT2D eigenvalue weighted by molar-refractivity contribution is 9.11. The number of nitrogens with zero attached hydrogens (tertiary/aromatic N) is 3. The lowest BCUT2D eigenvalue weighted by Gasteiger charge is -2.22. The molecule has 9 aromatic carbocycles. The summed E-state index contributed by atoms with van der Waals surface area (Å²) in [6, 6.07) is 81.8. The number of hydrogen-bond acceptors (Lipinski definition) is 5. The Balaban J connectivity index is 0.000000118. The summed E-state index contributed by atoms with van der Waals surface area (Å²) in [7, 11) is -1.43. The Morgan fingerprint density at radius 1 is 0.273 bits per heavy atom. The Hall–Kier alpha value is -7.67. The molecular formula is C78H62BBr4N3O2. The minimum absolute atomic E-state index is 0.0191. The number of fused-ring (bicyclic) bond motifs is 9. The molecule has 0 atom stereocenters. The van der Waals surface area contributed by atoms with Gasteiger partial charge in [0, 0.05) is 75.0 Å². The quantitative estimate of drug-likeness (QED) is 0.162. The first-order chi connectivity index (χ1) is 42.4. The van der Waals surface area contributed by atoms with E-state index in [0.717, 1.165) is 51.7 Å². The van der Waals surface area contributed by atoms with Crippen LogP contribution in [0.2, 0.25) is 0 Å². The van der Waals surface area contributed by atoms with Gasteiger partial charge in [-0.25, -0.2) is 0 Å². The van der Waals surface area contributed by atoms with Crippen molar-refractivity contribution in [3.8, 4) is 89.4 Å². The second kappa shape index (κ2) is 25.1. The molecule has 0 amide bonds. The Morgan fingerprint density at radius 3 is 1.01 bits per heavy atom. The van der Waals surface area contributed by atoms with Crippen LogP contribution in [0.5, 0.6) is 0 Å². The van der Waals surface area contributed by atoms with E-state index < -0.39 is 7.12 Å². The van der Waals surface area contributed by atoms with Crippen molar-refractivity contribution in [1.29, 1.82) is 0 Å². The number of hydrogen-bond donors (Lipinski definition) is 2. The zero-order valence-corrected chi connectivity index (χ0v) is 55.9. The molecule has 12 aromatic rings. The average molecular weight is 1400 g/mol. The summed E-state index contributed by atoms with van der Waals surface area (Å²) in [5.74, 6) is 0. The maximum absolute atomic E-state index is 9.22. The SMILES string of the molecule is CC1(C)c2cc(-c3ccccc3-c3ccccc3)ccc2-c2ncc(Br)cc21.CC1(C)c2cc(Br)ccc2-c2ncc(-c3ccccc3-c3ccccc3)cc21.CC1(C)c2cc(Br)ccc2-c2ncc(Br)cc21.OB(O)c1ccccc1-c1ccccc1. The first-order valence-corrected chi connectivity index (χ1v) is 32.5. The third-order valence-electron chi connectivity index (χ3n) is 17.4. The summed E-state index contributed by atoms with van der Waals surface area (Å²) < 4.78 is 4.30. The molecule has 3 aliphatic rings. The Bertz CT molecular complexity index is 4330. The van der Waals surface area contributed by atoms with E-state index >= 15 is 0 Å². The van der Waals surface area contributed by atoms with Crippen molar-refractivity contribution in [1.82, 2.24) is 15.0 Å². The van der Waals surface area contributed by atoms with Crippen LogP contribution in [0, 0.1) is 0 Å². The first kappa shape index (κ1) is 60.6. The molecule has 3 aliphatic carbocycles. The molecule has 0 saturated heterocycles.